The normalized spacial score (nSPS) is 58.6. The molecule has 6 atom stereocenters. The summed E-state index contributed by atoms with van der Waals surface area (Å²) < 4.78 is 0. The molecule has 0 spiro atoms. The van der Waals surface area contributed by atoms with Gasteiger partial charge in [0.15, 0.2) is 0 Å². The molecule has 0 aromatic carbocycles. The molecule has 0 aliphatic heterocycles. The van der Waals surface area contributed by atoms with Gasteiger partial charge in [0.2, 0.25) is 0 Å². The molecule has 114 valence electrons. The Morgan fingerprint density at radius 2 is 1.60 bits per heavy atom. The Kier molecular flexibility index (Phi) is 2.89. The van der Waals surface area contributed by atoms with Crippen LogP contribution in [0.25, 0.3) is 0 Å². The Bertz CT molecular complexity index is 405. The smallest absolute Gasteiger partial charge is 0.0731 e. The monoisotopic (exact) mass is 276 g/mol. The maximum absolute atomic E-state index is 11.6. The van der Waals surface area contributed by atoms with Gasteiger partial charge in [-0.25, -0.2) is 0 Å². The third kappa shape index (κ3) is 1.54. The Balaban J connectivity index is 1.70. The first-order chi connectivity index (χ1) is 9.50. The maximum Gasteiger partial charge on any atom is 0.0731 e. The summed E-state index contributed by atoms with van der Waals surface area (Å²) in [6, 6.07) is 0. The quantitative estimate of drug-likeness (QED) is 0.665. The molecule has 4 aliphatic rings. The predicted molar refractivity (Wildman–Crippen MR) is 82.4 cm³/mol. The summed E-state index contributed by atoms with van der Waals surface area (Å²) in [7, 11) is 0. The van der Waals surface area contributed by atoms with Crippen molar-refractivity contribution in [1.29, 1.82) is 0 Å². The molecule has 1 N–H and O–H groups in total. The molecule has 0 saturated heterocycles. The van der Waals surface area contributed by atoms with E-state index < -0.39 is 0 Å². The van der Waals surface area contributed by atoms with E-state index in [9.17, 15) is 5.11 Å². The van der Waals surface area contributed by atoms with Gasteiger partial charge < -0.3 is 5.11 Å². The highest BCUT2D eigenvalue weighted by Gasteiger charge is 2.63. The van der Waals surface area contributed by atoms with E-state index in [4.69, 9.17) is 0 Å². The van der Waals surface area contributed by atoms with Crippen LogP contribution in [0.2, 0.25) is 0 Å². The summed E-state index contributed by atoms with van der Waals surface area (Å²) in [5, 5.41) is 11.6. The SMILES string of the molecule is C[C@]12CCCCC1CCC1C2CC[C@]2(C)CCC[C@]12O. The zero-order chi connectivity index (χ0) is 14.0. The summed E-state index contributed by atoms with van der Waals surface area (Å²) >= 11 is 0. The molecule has 0 aromatic heterocycles. The lowest BCUT2D eigenvalue weighted by molar-refractivity contribution is -0.197. The number of hydrogen-bond acceptors (Lipinski definition) is 1. The van der Waals surface area contributed by atoms with E-state index in [0.717, 1.165) is 18.3 Å². The van der Waals surface area contributed by atoms with Gasteiger partial charge >= 0.3 is 0 Å². The summed E-state index contributed by atoms with van der Waals surface area (Å²) in [6.45, 7) is 4.99. The molecule has 4 rings (SSSR count). The average Bonchev–Trinajstić information content (AvgIpc) is 2.74. The standard InChI is InChI=1S/C19H32O/c1-17-10-5-12-19(17,20)16-8-7-14-6-3-4-11-18(14,2)15(16)9-13-17/h14-16,20H,3-13H2,1-2H3/t14?,15?,16?,17-,18-,19-/m0/s1. The predicted octanol–water partition coefficient (Wildman–Crippen LogP) is 4.92. The van der Waals surface area contributed by atoms with Crippen LogP contribution in [0.5, 0.6) is 0 Å². The Morgan fingerprint density at radius 3 is 2.45 bits per heavy atom. The van der Waals surface area contributed by atoms with E-state index in [0.29, 0.717) is 11.3 Å². The molecule has 1 heteroatoms. The fourth-order valence-corrected chi connectivity index (χ4v) is 7.25. The minimum Gasteiger partial charge on any atom is -0.389 e. The van der Waals surface area contributed by atoms with Gasteiger partial charge in [0.05, 0.1) is 5.60 Å². The highest BCUT2D eigenvalue weighted by atomic mass is 16.3. The lowest BCUT2D eigenvalue weighted by Crippen LogP contribution is -2.60. The van der Waals surface area contributed by atoms with Gasteiger partial charge in [0.1, 0.15) is 0 Å². The van der Waals surface area contributed by atoms with E-state index in [2.05, 4.69) is 13.8 Å². The molecular formula is C19H32O. The average molecular weight is 276 g/mol. The molecule has 1 nitrogen and oxygen atoms in total. The third-order valence-corrected chi connectivity index (χ3v) is 8.56. The lowest BCUT2D eigenvalue weighted by Gasteiger charge is -2.62. The van der Waals surface area contributed by atoms with Crippen molar-refractivity contribution in [2.24, 2.45) is 28.6 Å². The van der Waals surface area contributed by atoms with Crippen molar-refractivity contribution < 1.29 is 5.11 Å². The second-order valence-electron chi connectivity index (χ2n) is 9.12. The van der Waals surface area contributed by atoms with Crippen LogP contribution in [-0.4, -0.2) is 10.7 Å². The summed E-state index contributed by atoms with van der Waals surface area (Å²) in [4.78, 5) is 0. The molecule has 3 unspecified atom stereocenters. The van der Waals surface area contributed by atoms with Crippen LogP contribution in [-0.2, 0) is 0 Å². The summed E-state index contributed by atoms with van der Waals surface area (Å²) in [5.74, 6) is 2.40. The van der Waals surface area contributed by atoms with Gasteiger partial charge in [-0.1, -0.05) is 26.7 Å². The molecule has 0 heterocycles. The van der Waals surface area contributed by atoms with Crippen molar-refractivity contribution >= 4 is 0 Å². The van der Waals surface area contributed by atoms with Gasteiger partial charge in [-0.05, 0) is 86.4 Å². The zero-order valence-corrected chi connectivity index (χ0v) is 13.5. The molecule has 4 fully saturated rings. The Hall–Kier alpha value is -0.0400. The minimum absolute atomic E-state index is 0.242. The van der Waals surface area contributed by atoms with Gasteiger partial charge in [0, 0.05) is 0 Å². The lowest BCUT2D eigenvalue weighted by atomic mass is 9.44. The van der Waals surface area contributed by atoms with E-state index in [1.165, 1.54) is 64.2 Å². The molecule has 0 aromatic rings. The highest BCUT2D eigenvalue weighted by Crippen LogP contribution is 2.67. The van der Waals surface area contributed by atoms with Gasteiger partial charge in [-0.2, -0.15) is 0 Å². The van der Waals surface area contributed by atoms with Crippen molar-refractivity contribution in [3.63, 3.8) is 0 Å². The topological polar surface area (TPSA) is 20.2 Å². The molecule has 0 radical (unpaired) electrons. The Morgan fingerprint density at radius 1 is 0.750 bits per heavy atom. The van der Waals surface area contributed by atoms with E-state index in [-0.39, 0.29) is 11.0 Å². The molecule has 4 aliphatic carbocycles. The first-order valence-corrected chi connectivity index (χ1v) is 9.22. The first-order valence-electron chi connectivity index (χ1n) is 9.22. The van der Waals surface area contributed by atoms with E-state index in [1.807, 2.05) is 0 Å². The molecule has 4 saturated carbocycles. The molecule has 20 heavy (non-hydrogen) atoms. The third-order valence-electron chi connectivity index (χ3n) is 8.56. The van der Waals surface area contributed by atoms with Gasteiger partial charge in [-0.15, -0.1) is 0 Å². The van der Waals surface area contributed by atoms with E-state index >= 15 is 0 Å². The fraction of sp³-hybridized carbons (Fsp3) is 1.00. The van der Waals surface area contributed by atoms with Crippen LogP contribution < -0.4 is 0 Å². The zero-order valence-electron chi connectivity index (χ0n) is 13.5. The first kappa shape index (κ1) is 13.6. The number of hydrogen-bond donors (Lipinski definition) is 1. The van der Waals surface area contributed by atoms with Gasteiger partial charge in [0.25, 0.3) is 0 Å². The van der Waals surface area contributed by atoms with Crippen LogP contribution in [0, 0.1) is 28.6 Å². The number of rotatable bonds is 0. The maximum atomic E-state index is 11.6. The molecule has 0 amide bonds. The van der Waals surface area contributed by atoms with Gasteiger partial charge in [-0.3, -0.25) is 0 Å². The van der Waals surface area contributed by atoms with Crippen LogP contribution in [0.1, 0.15) is 84.5 Å². The van der Waals surface area contributed by atoms with Crippen molar-refractivity contribution in [3.05, 3.63) is 0 Å². The minimum atomic E-state index is -0.318. The van der Waals surface area contributed by atoms with Crippen molar-refractivity contribution in [3.8, 4) is 0 Å². The second kappa shape index (κ2) is 4.24. The Labute approximate surface area is 124 Å². The van der Waals surface area contributed by atoms with Crippen molar-refractivity contribution in [2.45, 2.75) is 90.1 Å². The molecule has 0 bridgehead atoms. The van der Waals surface area contributed by atoms with E-state index in [1.54, 1.807) is 0 Å². The van der Waals surface area contributed by atoms with Crippen LogP contribution in [0.15, 0.2) is 0 Å². The fourth-order valence-electron chi connectivity index (χ4n) is 7.25. The number of fused-ring (bicyclic) bond motifs is 5. The second-order valence-corrected chi connectivity index (χ2v) is 9.12. The molecular weight excluding hydrogens is 244 g/mol. The summed E-state index contributed by atoms with van der Waals surface area (Å²) in [5.41, 5.74) is 0.480. The van der Waals surface area contributed by atoms with Crippen LogP contribution >= 0.6 is 0 Å². The van der Waals surface area contributed by atoms with Crippen LogP contribution in [0.3, 0.4) is 0 Å². The van der Waals surface area contributed by atoms with Crippen molar-refractivity contribution in [2.75, 3.05) is 0 Å². The van der Waals surface area contributed by atoms with Crippen molar-refractivity contribution in [1.82, 2.24) is 0 Å². The van der Waals surface area contributed by atoms with Crippen LogP contribution in [0.4, 0.5) is 0 Å². The highest BCUT2D eigenvalue weighted by molar-refractivity contribution is 5.14. The summed E-state index contributed by atoms with van der Waals surface area (Å²) in [6.07, 6.45) is 14.8. The number of aliphatic hydroxyl groups is 1. The largest absolute Gasteiger partial charge is 0.389 e.